The summed E-state index contributed by atoms with van der Waals surface area (Å²) in [4.78, 5) is 28.2. The van der Waals surface area contributed by atoms with Crippen LogP contribution in [-0.4, -0.2) is 61.4 Å². The number of nitrogens with one attached hydrogen (secondary N) is 1. The first-order valence-electron chi connectivity index (χ1n) is 8.78. The van der Waals surface area contributed by atoms with E-state index in [-0.39, 0.29) is 17.9 Å². The molecule has 2 unspecified atom stereocenters. The predicted octanol–water partition coefficient (Wildman–Crippen LogP) is 1.63. The molecule has 2 aliphatic rings. The monoisotopic (exact) mass is 309 g/mol. The van der Waals surface area contributed by atoms with Gasteiger partial charge in [0.05, 0.1) is 0 Å². The van der Waals surface area contributed by atoms with Crippen LogP contribution in [0.4, 0.5) is 0 Å². The van der Waals surface area contributed by atoms with Crippen LogP contribution in [0.15, 0.2) is 0 Å². The SMILES string of the molecule is CN(C)CC1CCCCC1NC(=O)CCC(=O)N1CCCC1. The van der Waals surface area contributed by atoms with Gasteiger partial charge in [0.25, 0.3) is 0 Å². The maximum absolute atomic E-state index is 12.2. The summed E-state index contributed by atoms with van der Waals surface area (Å²) < 4.78 is 0. The van der Waals surface area contributed by atoms with Crippen molar-refractivity contribution >= 4 is 11.8 Å². The normalized spacial score (nSPS) is 25.5. The molecule has 0 aromatic carbocycles. The highest BCUT2D eigenvalue weighted by atomic mass is 16.2. The summed E-state index contributed by atoms with van der Waals surface area (Å²) in [5.74, 6) is 0.728. The zero-order chi connectivity index (χ0) is 15.9. The van der Waals surface area contributed by atoms with Crippen molar-refractivity contribution in [1.29, 1.82) is 0 Å². The van der Waals surface area contributed by atoms with Crippen molar-refractivity contribution in [2.75, 3.05) is 33.7 Å². The molecule has 1 N–H and O–H groups in total. The van der Waals surface area contributed by atoms with E-state index in [1.165, 1.54) is 19.3 Å². The van der Waals surface area contributed by atoms with Crippen LogP contribution in [0.3, 0.4) is 0 Å². The van der Waals surface area contributed by atoms with Crippen LogP contribution in [0, 0.1) is 5.92 Å². The molecule has 0 spiro atoms. The lowest BCUT2D eigenvalue weighted by Crippen LogP contribution is -2.45. The van der Waals surface area contributed by atoms with Gasteiger partial charge in [0.2, 0.25) is 11.8 Å². The van der Waals surface area contributed by atoms with Gasteiger partial charge in [0.15, 0.2) is 0 Å². The number of hydrogen-bond acceptors (Lipinski definition) is 3. The Morgan fingerprint density at radius 3 is 2.41 bits per heavy atom. The van der Waals surface area contributed by atoms with Gasteiger partial charge in [-0.15, -0.1) is 0 Å². The average molecular weight is 309 g/mol. The van der Waals surface area contributed by atoms with Crippen molar-refractivity contribution in [3.05, 3.63) is 0 Å². The van der Waals surface area contributed by atoms with E-state index in [1.807, 2.05) is 4.90 Å². The molecule has 22 heavy (non-hydrogen) atoms. The summed E-state index contributed by atoms with van der Waals surface area (Å²) >= 11 is 0. The second-order valence-corrected chi connectivity index (χ2v) is 7.07. The van der Waals surface area contributed by atoms with E-state index in [0.29, 0.717) is 18.8 Å². The van der Waals surface area contributed by atoms with E-state index in [2.05, 4.69) is 24.3 Å². The minimum atomic E-state index is 0.0446. The van der Waals surface area contributed by atoms with Crippen molar-refractivity contribution in [3.63, 3.8) is 0 Å². The molecular weight excluding hydrogens is 278 g/mol. The third-order valence-corrected chi connectivity index (χ3v) is 4.88. The van der Waals surface area contributed by atoms with E-state index in [9.17, 15) is 9.59 Å². The second-order valence-electron chi connectivity index (χ2n) is 7.07. The minimum Gasteiger partial charge on any atom is -0.353 e. The van der Waals surface area contributed by atoms with Crippen molar-refractivity contribution in [2.24, 2.45) is 5.92 Å². The molecule has 1 saturated heterocycles. The molecular formula is C17H31N3O2. The van der Waals surface area contributed by atoms with Crippen LogP contribution < -0.4 is 5.32 Å². The molecule has 0 bridgehead atoms. The van der Waals surface area contributed by atoms with Crippen LogP contribution >= 0.6 is 0 Å². The average Bonchev–Trinajstić information content (AvgIpc) is 3.00. The van der Waals surface area contributed by atoms with E-state index in [1.54, 1.807) is 0 Å². The fourth-order valence-corrected chi connectivity index (χ4v) is 3.71. The lowest BCUT2D eigenvalue weighted by molar-refractivity contribution is -0.133. The zero-order valence-corrected chi connectivity index (χ0v) is 14.1. The van der Waals surface area contributed by atoms with Crippen molar-refractivity contribution in [3.8, 4) is 0 Å². The maximum Gasteiger partial charge on any atom is 0.223 e. The Morgan fingerprint density at radius 1 is 1.05 bits per heavy atom. The number of carbonyl (C=O) groups is 2. The van der Waals surface area contributed by atoms with Crippen molar-refractivity contribution < 1.29 is 9.59 Å². The number of rotatable bonds is 6. The molecule has 0 aromatic heterocycles. The lowest BCUT2D eigenvalue weighted by Gasteiger charge is -2.34. The molecule has 1 saturated carbocycles. The van der Waals surface area contributed by atoms with E-state index in [0.717, 1.165) is 38.9 Å². The molecule has 2 rings (SSSR count). The lowest BCUT2D eigenvalue weighted by atomic mass is 9.84. The molecule has 0 radical (unpaired) electrons. The Balaban J connectivity index is 1.73. The highest BCUT2D eigenvalue weighted by Gasteiger charge is 2.27. The van der Waals surface area contributed by atoms with Crippen LogP contribution in [0.25, 0.3) is 0 Å². The van der Waals surface area contributed by atoms with Gasteiger partial charge in [-0.05, 0) is 45.7 Å². The molecule has 5 nitrogen and oxygen atoms in total. The molecule has 126 valence electrons. The first-order valence-corrected chi connectivity index (χ1v) is 8.78. The standard InChI is InChI=1S/C17H31N3O2/c1-19(2)13-14-7-3-4-8-15(14)18-16(21)9-10-17(22)20-11-5-6-12-20/h14-15H,3-13H2,1-2H3,(H,18,21). The van der Waals surface area contributed by atoms with Crippen LogP contribution in [0.5, 0.6) is 0 Å². The molecule has 1 aliphatic carbocycles. The quantitative estimate of drug-likeness (QED) is 0.811. The Hall–Kier alpha value is -1.10. The van der Waals surface area contributed by atoms with Crippen LogP contribution in [0.1, 0.15) is 51.4 Å². The number of amides is 2. The molecule has 2 fully saturated rings. The first kappa shape index (κ1) is 17.3. The zero-order valence-electron chi connectivity index (χ0n) is 14.1. The van der Waals surface area contributed by atoms with Gasteiger partial charge < -0.3 is 15.1 Å². The number of carbonyl (C=O) groups excluding carboxylic acids is 2. The number of hydrogen-bond donors (Lipinski definition) is 1. The summed E-state index contributed by atoms with van der Waals surface area (Å²) in [5, 5.41) is 3.18. The topological polar surface area (TPSA) is 52.7 Å². The summed E-state index contributed by atoms with van der Waals surface area (Å²) in [7, 11) is 4.17. The maximum atomic E-state index is 12.2. The minimum absolute atomic E-state index is 0.0446. The molecule has 2 atom stereocenters. The smallest absolute Gasteiger partial charge is 0.223 e. The Kier molecular flexibility index (Phi) is 6.68. The first-order chi connectivity index (χ1) is 10.6. The predicted molar refractivity (Wildman–Crippen MR) is 87.5 cm³/mol. The van der Waals surface area contributed by atoms with Gasteiger partial charge in [-0.25, -0.2) is 0 Å². The Morgan fingerprint density at radius 2 is 1.73 bits per heavy atom. The Bertz CT molecular complexity index is 378. The fraction of sp³-hybridized carbons (Fsp3) is 0.882. The van der Waals surface area contributed by atoms with Crippen molar-refractivity contribution in [1.82, 2.24) is 15.1 Å². The molecule has 5 heteroatoms. The van der Waals surface area contributed by atoms with Crippen LogP contribution in [-0.2, 0) is 9.59 Å². The van der Waals surface area contributed by atoms with Crippen LogP contribution in [0.2, 0.25) is 0 Å². The highest BCUT2D eigenvalue weighted by molar-refractivity contribution is 5.84. The molecule has 1 heterocycles. The molecule has 1 aliphatic heterocycles. The van der Waals surface area contributed by atoms with E-state index in [4.69, 9.17) is 0 Å². The van der Waals surface area contributed by atoms with E-state index >= 15 is 0 Å². The van der Waals surface area contributed by atoms with Gasteiger partial charge in [0, 0.05) is 38.5 Å². The van der Waals surface area contributed by atoms with Gasteiger partial charge in [-0.3, -0.25) is 9.59 Å². The van der Waals surface area contributed by atoms with Crippen molar-refractivity contribution in [2.45, 2.75) is 57.4 Å². The van der Waals surface area contributed by atoms with Gasteiger partial charge in [-0.1, -0.05) is 12.8 Å². The summed E-state index contributed by atoms with van der Waals surface area (Å²) in [6, 6.07) is 0.283. The fourth-order valence-electron chi connectivity index (χ4n) is 3.71. The summed E-state index contributed by atoms with van der Waals surface area (Å²) in [6.07, 6.45) is 7.62. The molecule has 0 aromatic rings. The summed E-state index contributed by atoms with van der Waals surface area (Å²) in [5.41, 5.74) is 0. The Labute approximate surface area is 134 Å². The van der Waals surface area contributed by atoms with Gasteiger partial charge >= 0.3 is 0 Å². The summed E-state index contributed by atoms with van der Waals surface area (Å²) in [6.45, 7) is 2.76. The third kappa shape index (κ3) is 5.27. The third-order valence-electron chi connectivity index (χ3n) is 4.88. The van der Waals surface area contributed by atoms with Gasteiger partial charge in [0.1, 0.15) is 0 Å². The molecule has 2 amide bonds. The number of nitrogens with zero attached hydrogens (tertiary/aromatic N) is 2. The van der Waals surface area contributed by atoms with Gasteiger partial charge in [-0.2, -0.15) is 0 Å². The second kappa shape index (κ2) is 8.51. The van der Waals surface area contributed by atoms with E-state index < -0.39 is 0 Å². The largest absolute Gasteiger partial charge is 0.353 e. The number of likely N-dealkylation sites (tertiary alicyclic amines) is 1. The highest BCUT2D eigenvalue weighted by Crippen LogP contribution is 2.25.